The second-order valence-corrected chi connectivity index (χ2v) is 5.62. The molecule has 23 heavy (non-hydrogen) atoms. The third-order valence-corrected chi connectivity index (χ3v) is 4.05. The summed E-state index contributed by atoms with van der Waals surface area (Å²) < 4.78 is 8.64. The van der Waals surface area contributed by atoms with Gasteiger partial charge in [0.1, 0.15) is 5.75 Å². The summed E-state index contributed by atoms with van der Waals surface area (Å²) in [6.07, 6.45) is 0.978. The lowest BCUT2D eigenvalue weighted by Gasteiger charge is -2.05. The molecule has 2 aromatic heterocycles. The molecule has 3 rings (SSSR count). The summed E-state index contributed by atoms with van der Waals surface area (Å²) in [5.74, 6) is 2.19. The van der Waals surface area contributed by atoms with E-state index in [0.717, 1.165) is 30.2 Å². The summed E-state index contributed by atoms with van der Waals surface area (Å²) in [5.41, 5.74) is 0.867. The van der Waals surface area contributed by atoms with Crippen molar-refractivity contribution in [1.29, 1.82) is 0 Å². The van der Waals surface area contributed by atoms with Gasteiger partial charge in [0, 0.05) is 6.54 Å². The summed E-state index contributed by atoms with van der Waals surface area (Å²) in [4.78, 5) is 0. The Bertz CT molecular complexity index is 753. The van der Waals surface area contributed by atoms with Gasteiger partial charge in [-0.3, -0.25) is 0 Å². The van der Waals surface area contributed by atoms with Gasteiger partial charge in [0.05, 0.1) is 18.6 Å². The van der Waals surface area contributed by atoms with E-state index in [9.17, 15) is 0 Å². The zero-order valence-corrected chi connectivity index (χ0v) is 13.6. The first kappa shape index (κ1) is 15.4. The minimum Gasteiger partial charge on any atom is -0.497 e. The van der Waals surface area contributed by atoms with Crippen LogP contribution in [0.25, 0.3) is 5.69 Å². The van der Waals surface area contributed by atoms with E-state index in [4.69, 9.17) is 4.74 Å². The fourth-order valence-electron chi connectivity index (χ4n) is 2.00. The zero-order chi connectivity index (χ0) is 16.1. The maximum Gasteiger partial charge on any atom is 0.214 e. The van der Waals surface area contributed by atoms with Crippen LogP contribution < -0.4 is 4.74 Å². The van der Waals surface area contributed by atoms with E-state index in [1.165, 1.54) is 11.8 Å². The van der Waals surface area contributed by atoms with E-state index in [1.807, 2.05) is 24.3 Å². The second-order valence-electron chi connectivity index (χ2n) is 4.68. The van der Waals surface area contributed by atoms with Gasteiger partial charge in [0.15, 0.2) is 5.82 Å². The van der Waals surface area contributed by atoms with Gasteiger partial charge in [0.2, 0.25) is 5.16 Å². The van der Waals surface area contributed by atoms with Gasteiger partial charge in [-0.25, -0.2) is 4.68 Å². The lowest BCUT2D eigenvalue weighted by molar-refractivity contribution is 0.414. The molecule has 2 heterocycles. The van der Waals surface area contributed by atoms with E-state index in [-0.39, 0.29) is 0 Å². The number of aryl methyl sites for hydroxylation is 1. The lowest BCUT2D eigenvalue weighted by atomic mass is 10.3. The van der Waals surface area contributed by atoms with Crippen LogP contribution in [0.4, 0.5) is 0 Å². The molecule has 0 bridgehead atoms. The number of tetrazole rings is 2. The molecule has 1 aromatic carbocycles. The summed E-state index contributed by atoms with van der Waals surface area (Å²) in [6, 6.07) is 7.54. The van der Waals surface area contributed by atoms with Crippen LogP contribution >= 0.6 is 11.8 Å². The number of nitrogens with zero attached hydrogens (tertiary/aromatic N) is 8. The molecule has 0 aliphatic heterocycles. The molecule has 120 valence electrons. The Morgan fingerprint density at radius 2 is 1.87 bits per heavy atom. The Morgan fingerprint density at radius 1 is 1.09 bits per heavy atom. The van der Waals surface area contributed by atoms with Crippen molar-refractivity contribution in [2.75, 3.05) is 7.11 Å². The van der Waals surface area contributed by atoms with Gasteiger partial charge in [-0.15, -0.1) is 10.2 Å². The van der Waals surface area contributed by atoms with Gasteiger partial charge in [-0.2, -0.15) is 4.68 Å². The van der Waals surface area contributed by atoms with Crippen LogP contribution in [-0.2, 0) is 12.3 Å². The molecule has 0 radical (unpaired) electrons. The average molecular weight is 332 g/mol. The van der Waals surface area contributed by atoms with Crippen LogP contribution in [0.3, 0.4) is 0 Å². The lowest BCUT2D eigenvalue weighted by Crippen LogP contribution is -2.05. The highest BCUT2D eigenvalue weighted by atomic mass is 32.2. The molecular weight excluding hydrogens is 316 g/mol. The monoisotopic (exact) mass is 332 g/mol. The molecule has 0 aliphatic rings. The van der Waals surface area contributed by atoms with Gasteiger partial charge in [-0.1, -0.05) is 18.7 Å². The molecule has 0 fully saturated rings. The van der Waals surface area contributed by atoms with E-state index in [1.54, 1.807) is 16.5 Å². The van der Waals surface area contributed by atoms with E-state index in [0.29, 0.717) is 10.9 Å². The third-order valence-electron chi connectivity index (χ3n) is 3.13. The Morgan fingerprint density at radius 3 is 2.61 bits per heavy atom. The minimum absolute atomic E-state index is 0.601. The Hall–Kier alpha value is -2.49. The van der Waals surface area contributed by atoms with Crippen molar-refractivity contribution in [2.45, 2.75) is 30.8 Å². The van der Waals surface area contributed by atoms with Crippen molar-refractivity contribution in [1.82, 2.24) is 40.4 Å². The van der Waals surface area contributed by atoms with Gasteiger partial charge < -0.3 is 4.74 Å². The highest BCUT2D eigenvalue weighted by molar-refractivity contribution is 7.98. The molecule has 0 atom stereocenters. The fraction of sp³-hybridized carbons (Fsp3) is 0.385. The number of methoxy groups -OCH3 is 1. The normalized spacial score (nSPS) is 10.9. The van der Waals surface area contributed by atoms with Crippen LogP contribution in [0.15, 0.2) is 29.4 Å². The molecule has 0 spiro atoms. The first-order chi connectivity index (χ1) is 11.3. The highest BCUT2D eigenvalue weighted by Crippen LogP contribution is 2.22. The fourth-order valence-corrected chi connectivity index (χ4v) is 2.82. The van der Waals surface area contributed by atoms with Gasteiger partial charge in [0.25, 0.3) is 0 Å². The molecule has 0 amide bonds. The maximum absolute atomic E-state index is 5.16. The number of hydrogen-bond donors (Lipinski definition) is 0. The largest absolute Gasteiger partial charge is 0.497 e. The minimum atomic E-state index is 0.601. The van der Waals surface area contributed by atoms with Crippen LogP contribution in [0.1, 0.15) is 19.2 Å². The van der Waals surface area contributed by atoms with Crippen LogP contribution in [0.5, 0.6) is 5.75 Å². The number of benzene rings is 1. The van der Waals surface area contributed by atoms with Gasteiger partial charge in [-0.05, 0) is 51.5 Å². The van der Waals surface area contributed by atoms with Crippen LogP contribution in [0, 0.1) is 0 Å². The molecule has 10 heteroatoms. The number of hydrogen-bond acceptors (Lipinski definition) is 8. The van der Waals surface area contributed by atoms with E-state index >= 15 is 0 Å². The molecule has 0 N–H and O–H groups in total. The maximum atomic E-state index is 5.16. The molecule has 0 unspecified atom stereocenters. The third kappa shape index (κ3) is 3.47. The summed E-state index contributed by atoms with van der Waals surface area (Å²) in [6.45, 7) is 2.88. The van der Waals surface area contributed by atoms with Crippen molar-refractivity contribution in [3.8, 4) is 11.4 Å². The van der Waals surface area contributed by atoms with Gasteiger partial charge >= 0.3 is 0 Å². The predicted molar refractivity (Wildman–Crippen MR) is 83.4 cm³/mol. The first-order valence-corrected chi connectivity index (χ1v) is 8.11. The van der Waals surface area contributed by atoms with Crippen molar-refractivity contribution in [3.63, 3.8) is 0 Å². The van der Waals surface area contributed by atoms with Crippen LogP contribution in [0.2, 0.25) is 0 Å². The number of ether oxygens (including phenoxy) is 1. The Labute approximate surface area is 137 Å². The average Bonchev–Trinajstić information content (AvgIpc) is 3.22. The second kappa shape index (κ2) is 7.18. The molecule has 3 aromatic rings. The standard InChI is InChI=1S/C13H16N8OS/c1-3-8-20-12(14-16-18-20)9-23-13-15-17-19-21(13)10-4-6-11(22-2)7-5-10/h4-7H,3,8-9H2,1-2H3. The van der Waals surface area contributed by atoms with Crippen molar-refractivity contribution in [2.24, 2.45) is 0 Å². The quantitative estimate of drug-likeness (QED) is 0.598. The number of aromatic nitrogens is 8. The smallest absolute Gasteiger partial charge is 0.214 e. The molecular formula is C13H16N8OS. The first-order valence-electron chi connectivity index (χ1n) is 7.12. The Balaban J connectivity index is 1.74. The van der Waals surface area contributed by atoms with Crippen molar-refractivity contribution in [3.05, 3.63) is 30.1 Å². The van der Waals surface area contributed by atoms with E-state index in [2.05, 4.69) is 38.0 Å². The number of rotatable bonds is 7. The predicted octanol–water partition coefficient (Wildman–Crippen LogP) is 1.36. The number of thioether (sulfide) groups is 1. The van der Waals surface area contributed by atoms with Crippen LogP contribution in [-0.4, -0.2) is 47.5 Å². The molecule has 0 saturated heterocycles. The zero-order valence-electron chi connectivity index (χ0n) is 12.8. The van der Waals surface area contributed by atoms with Crippen molar-refractivity contribution >= 4 is 11.8 Å². The highest BCUT2D eigenvalue weighted by Gasteiger charge is 2.12. The molecule has 9 nitrogen and oxygen atoms in total. The summed E-state index contributed by atoms with van der Waals surface area (Å²) in [7, 11) is 1.63. The van der Waals surface area contributed by atoms with Crippen molar-refractivity contribution < 1.29 is 4.74 Å². The SMILES string of the molecule is CCCn1nnnc1CSc1nnnn1-c1ccc(OC)cc1. The summed E-state index contributed by atoms with van der Waals surface area (Å²) in [5, 5.41) is 24.3. The molecule has 0 saturated carbocycles. The Kier molecular flexibility index (Phi) is 4.81. The molecule has 0 aliphatic carbocycles. The summed E-state index contributed by atoms with van der Waals surface area (Å²) >= 11 is 1.49. The topological polar surface area (TPSA) is 96.4 Å². The van der Waals surface area contributed by atoms with E-state index < -0.39 is 0 Å².